The fourth-order valence-corrected chi connectivity index (χ4v) is 6.84. The molecule has 0 aliphatic carbocycles. The number of hydrogen-bond acceptors (Lipinski definition) is 5. The van der Waals surface area contributed by atoms with Crippen LogP contribution in [0.1, 0.15) is 39.9 Å². The highest BCUT2D eigenvalue weighted by molar-refractivity contribution is 6.31. The van der Waals surface area contributed by atoms with E-state index in [0.717, 1.165) is 55.0 Å². The van der Waals surface area contributed by atoms with Crippen molar-refractivity contribution in [1.29, 1.82) is 0 Å². The molecule has 0 N–H and O–H groups in total. The normalized spacial score (nSPS) is 22.1. The van der Waals surface area contributed by atoms with Crippen molar-refractivity contribution in [3.8, 4) is 0 Å². The van der Waals surface area contributed by atoms with Crippen LogP contribution in [0.4, 0.5) is 23.7 Å². The molecular formula is C32H38ClF3N4O4. The lowest BCUT2D eigenvalue weighted by molar-refractivity contribution is -0.157. The minimum absolute atomic E-state index is 0.0953. The molecule has 3 atom stereocenters. The van der Waals surface area contributed by atoms with Gasteiger partial charge >= 0.3 is 12.3 Å². The number of anilines is 1. The zero-order chi connectivity index (χ0) is 31.8. The Morgan fingerprint density at radius 3 is 2.25 bits per heavy atom. The van der Waals surface area contributed by atoms with Gasteiger partial charge in [0.2, 0.25) is 5.91 Å². The summed E-state index contributed by atoms with van der Waals surface area (Å²) in [5.74, 6) is 0.177. The molecule has 3 fully saturated rings. The monoisotopic (exact) mass is 634 g/mol. The van der Waals surface area contributed by atoms with E-state index in [0.29, 0.717) is 40.4 Å². The number of fused-ring (bicyclic) bond motifs is 1. The molecule has 2 aromatic carbocycles. The lowest BCUT2D eigenvalue weighted by Crippen LogP contribution is -2.39. The van der Waals surface area contributed by atoms with E-state index in [4.69, 9.17) is 16.3 Å². The van der Waals surface area contributed by atoms with Gasteiger partial charge < -0.3 is 19.4 Å². The molecule has 238 valence electrons. The van der Waals surface area contributed by atoms with Gasteiger partial charge in [0.1, 0.15) is 12.6 Å². The van der Waals surface area contributed by atoms with Crippen LogP contribution in [0.2, 0.25) is 5.02 Å². The van der Waals surface area contributed by atoms with Crippen molar-refractivity contribution in [2.45, 2.75) is 45.9 Å². The van der Waals surface area contributed by atoms with E-state index in [1.54, 1.807) is 18.2 Å². The van der Waals surface area contributed by atoms with Gasteiger partial charge in [0, 0.05) is 49.0 Å². The third-order valence-corrected chi connectivity index (χ3v) is 9.31. The summed E-state index contributed by atoms with van der Waals surface area (Å²) < 4.78 is 44.1. The molecule has 3 aliphatic heterocycles. The highest BCUT2D eigenvalue weighted by Gasteiger charge is 2.42. The van der Waals surface area contributed by atoms with Gasteiger partial charge in [-0.05, 0) is 74.4 Å². The van der Waals surface area contributed by atoms with Crippen LogP contribution in [0.3, 0.4) is 0 Å². The van der Waals surface area contributed by atoms with E-state index in [2.05, 4.69) is 4.90 Å². The van der Waals surface area contributed by atoms with Crippen molar-refractivity contribution >= 4 is 35.2 Å². The van der Waals surface area contributed by atoms with Crippen LogP contribution in [0.15, 0.2) is 36.4 Å². The minimum atomic E-state index is -4.53. The van der Waals surface area contributed by atoms with E-state index < -0.39 is 30.8 Å². The smallest absolute Gasteiger partial charge is 0.414 e. The van der Waals surface area contributed by atoms with Gasteiger partial charge in [0.15, 0.2) is 0 Å². The van der Waals surface area contributed by atoms with Crippen LogP contribution in [0, 0.1) is 32.6 Å². The molecule has 3 aliphatic rings. The Labute approximate surface area is 260 Å². The zero-order valence-electron chi connectivity index (χ0n) is 25.2. The van der Waals surface area contributed by atoms with Gasteiger partial charge in [-0.25, -0.2) is 4.79 Å². The van der Waals surface area contributed by atoms with Gasteiger partial charge in [-0.3, -0.25) is 14.5 Å². The number of likely N-dealkylation sites (tertiary alicyclic amines) is 3. The largest absolute Gasteiger partial charge is 0.443 e. The van der Waals surface area contributed by atoms with Crippen LogP contribution < -0.4 is 4.90 Å². The van der Waals surface area contributed by atoms with E-state index in [9.17, 15) is 27.6 Å². The molecule has 0 radical (unpaired) electrons. The standard InChI is InChI=1S/C32H38ClF3N4O4/c1-20-8-9-25(12-27(20)33)40(31(43)44-26-13-28(41)39(18-26)19-32(34,35)36)11-5-10-37-14-23-16-38(17-24(23)15-37)30(42)29-21(2)6-4-7-22(29)3/h4,6-9,12,23-24,26H,5,10-11,13-19H2,1-3H3. The molecule has 0 aromatic heterocycles. The van der Waals surface area contributed by atoms with Crippen molar-refractivity contribution in [2.75, 3.05) is 57.3 Å². The van der Waals surface area contributed by atoms with E-state index >= 15 is 0 Å². The average Bonchev–Trinajstić information content (AvgIpc) is 3.60. The van der Waals surface area contributed by atoms with Gasteiger partial charge in [0.05, 0.1) is 13.0 Å². The van der Waals surface area contributed by atoms with Crippen molar-refractivity contribution in [3.63, 3.8) is 0 Å². The molecule has 8 nitrogen and oxygen atoms in total. The second-order valence-corrected chi connectivity index (χ2v) is 12.7. The predicted octanol–water partition coefficient (Wildman–Crippen LogP) is 5.47. The van der Waals surface area contributed by atoms with Crippen LogP contribution >= 0.6 is 11.6 Å². The molecular weight excluding hydrogens is 597 g/mol. The predicted molar refractivity (Wildman–Crippen MR) is 161 cm³/mol. The summed E-state index contributed by atoms with van der Waals surface area (Å²) in [6.45, 7) is 8.31. The minimum Gasteiger partial charge on any atom is -0.443 e. The Kier molecular flexibility index (Phi) is 9.46. The Morgan fingerprint density at radius 2 is 1.64 bits per heavy atom. The van der Waals surface area contributed by atoms with Crippen LogP contribution in [0.25, 0.3) is 0 Å². The number of carbonyl (C=O) groups is 3. The molecule has 12 heteroatoms. The molecule has 2 aromatic rings. The summed E-state index contributed by atoms with van der Waals surface area (Å²) in [6, 6.07) is 11.1. The summed E-state index contributed by atoms with van der Waals surface area (Å²) >= 11 is 6.34. The van der Waals surface area contributed by atoms with Gasteiger partial charge in [-0.1, -0.05) is 35.9 Å². The first-order valence-electron chi connectivity index (χ1n) is 15.0. The quantitative estimate of drug-likeness (QED) is 0.385. The van der Waals surface area contributed by atoms with Crippen molar-refractivity contribution < 1.29 is 32.3 Å². The Morgan fingerprint density at radius 1 is 0.977 bits per heavy atom. The maximum Gasteiger partial charge on any atom is 0.414 e. The number of amides is 3. The number of benzene rings is 2. The molecule has 3 amide bonds. The van der Waals surface area contributed by atoms with Gasteiger partial charge in [-0.15, -0.1) is 0 Å². The third kappa shape index (κ3) is 7.31. The van der Waals surface area contributed by atoms with Crippen molar-refractivity contribution in [3.05, 3.63) is 63.7 Å². The first-order valence-corrected chi connectivity index (χ1v) is 15.3. The van der Waals surface area contributed by atoms with Crippen LogP contribution in [0.5, 0.6) is 0 Å². The summed E-state index contributed by atoms with van der Waals surface area (Å²) in [5, 5.41) is 0.472. The molecule has 0 saturated carbocycles. The first kappa shape index (κ1) is 32.1. The number of alkyl halides is 3. The molecule has 0 bridgehead atoms. The SMILES string of the molecule is Cc1ccc(N(CCCN2CC3CN(C(=O)c4c(C)cccc4C)CC3C2)C(=O)OC2CC(=O)N(CC(F)(F)F)C2)cc1Cl. The van der Waals surface area contributed by atoms with Crippen LogP contribution in [-0.4, -0.2) is 97.2 Å². The maximum atomic E-state index is 13.3. The number of aryl methyl sites for hydroxylation is 3. The van der Waals surface area contributed by atoms with E-state index in [-0.39, 0.29) is 18.9 Å². The lowest BCUT2D eigenvalue weighted by atomic mass is 10.0. The topological polar surface area (TPSA) is 73.4 Å². The summed E-state index contributed by atoms with van der Waals surface area (Å²) in [7, 11) is 0. The van der Waals surface area contributed by atoms with Gasteiger partial charge in [-0.2, -0.15) is 13.2 Å². The summed E-state index contributed by atoms with van der Waals surface area (Å²) in [6.07, 6.45) is -5.89. The van der Waals surface area contributed by atoms with Crippen molar-refractivity contribution in [2.24, 2.45) is 11.8 Å². The molecule has 3 unspecified atom stereocenters. The van der Waals surface area contributed by atoms with Crippen molar-refractivity contribution in [1.82, 2.24) is 14.7 Å². The molecule has 44 heavy (non-hydrogen) atoms. The average molecular weight is 635 g/mol. The fraction of sp³-hybridized carbons (Fsp3) is 0.531. The number of rotatable bonds is 8. The highest BCUT2D eigenvalue weighted by Crippen LogP contribution is 2.33. The first-order chi connectivity index (χ1) is 20.8. The number of hydrogen-bond donors (Lipinski definition) is 0. The Balaban J connectivity index is 1.16. The van der Waals surface area contributed by atoms with E-state index in [1.807, 2.05) is 43.9 Å². The number of halogens is 4. The fourth-order valence-electron chi connectivity index (χ4n) is 6.67. The number of nitrogens with zero attached hydrogens (tertiary/aromatic N) is 4. The second-order valence-electron chi connectivity index (χ2n) is 12.3. The van der Waals surface area contributed by atoms with Gasteiger partial charge in [0.25, 0.3) is 5.91 Å². The molecule has 3 heterocycles. The molecule has 3 saturated heterocycles. The summed E-state index contributed by atoms with van der Waals surface area (Å²) in [4.78, 5) is 45.1. The highest BCUT2D eigenvalue weighted by atomic mass is 35.5. The number of carbonyl (C=O) groups excluding carboxylic acids is 3. The lowest BCUT2D eigenvalue weighted by Gasteiger charge is -2.26. The molecule has 5 rings (SSSR count). The van der Waals surface area contributed by atoms with E-state index in [1.165, 1.54) is 4.90 Å². The number of ether oxygens (including phenoxy) is 1. The Bertz CT molecular complexity index is 1390. The van der Waals surface area contributed by atoms with Crippen LogP contribution in [-0.2, 0) is 9.53 Å². The summed E-state index contributed by atoms with van der Waals surface area (Å²) in [5.41, 5.74) is 4.12. The third-order valence-electron chi connectivity index (χ3n) is 8.90. The Hall–Kier alpha value is -3.31. The second kappa shape index (κ2) is 13.0. The molecule has 0 spiro atoms. The zero-order valence-corrected chi connectivity index (χ0v) is 26.0. The maximum absolute atomic E-state index is 13.3.